The van der Waals surface area contributed by atoms with Crippen molar-refractivity contribution in [3.8, 4) is 56.7 Å². The Morgan fingerprint density at radius 1 is 0.461 bits per heavy atom. The van der Waals surface area contributed by atoms with Gasteiger partial charge in [0, 0.05) is 69.8 Å². The molecule has 0 spiro atoms. The number of hydrogen-bond acceptors (Lipinski definition) is 5. The lowest BCUT2D eigenvalue weighted by Crippen LogP contribution is -2.30. The van der Waals surface area contributed by atoms with Crippen LogP contribution in [-0.4, -0.2) is 24.1 Å². The number of furan rings is 1. The summed E-state index contributed by atoms with van der Waals surface area (Å²) in [6.07, 6.45) is 15.8. The highest BCUT2D eigenvalue weighted by Gasteiger charge is 2.23. The third-order valence-electron chi connectivity index (χ3n) is 15.7. The summed E-state index contributed by atoms with van der Waals surface area (Å²) in [5, 5.41) is 10.8. The Morgan fingerprint density at radius 2 is 1.16 bits per heavy atom. The number of hydrogen-bond donors (Lipinski definition) is 0. The van der Waals surface area contributed by atoms with Gasteiger partial charge in [-0.05, 0) is 120 Å². The second-order valence-corrected chi connectivity index (χ2v) is 21.1. The quantitative estimate of drug-likeness (QED) is 0.160. The Bertz CT molecular complexity index is 4880. The predicted octanol–water partition coefficient (Wildman–Crippen LogP) is 16.9. The molecule has 9 aromatic carbocycles. The van der Waals surface area contributed by atoms with Crippen LogP contribution in [0.3, 0.4) is 0 Å². The Balaban J connectivity index is 0.870. The minimum absolute atomic E-state index is 0.576. The molecule has 5 heterocycles. The molecular formula is C69H45N5OS. The van der Waals surface area contributed by atoms with E-state index in [4.69, 9.17) is 19.4 Å². The molecule has 0 saturated carbocycles. The summed E-state index contributed by atoms with van der Waals surface area (Å²) in [4.78, 5) is 15.7. The molecule has 2 aliphatic rings. The molecule has 0 aliphatic heterocycles. The van der Waals surface area contributed by atoms with Gasteiger partial charge >= 0.3 is 0 Å². The lowest BCUT2D eigenvalue weighted by molar-refractivity contribution is 0.669. The van der Waals surface area contributed by atoms with E-state index in [9.17, 15) is 0 Å². The van der Waals surface area contributed by atoms with Crippen LogP contribution in [-0.2, 0) is 0 Å². The number of benzene rings is 9. The first-order valence-electron chi connectivity index (χ1n) is 26.2. The fourth-order valence-electron chi connectivity index (χ4n) is 12.1. The molecule has 5 aromatic heterocycles. The summed E-state index contributed by atoms with van der Waals surface area (Å²) in [6, 6.07) is 69.8. The Kier molecular flexibility index (Phi) is 9.66. The van der Waals surface area contributed by atoms with Crippen LogP contribution >= 0.6 is 11.3 Å². The highest BCUT2D eigenvalue weighted by molar-refractivity contribution is 7.26. The molecule has 0 amide bonds. The molecule has 16 rings (SSSR count). The summed E-state index contributed by atoms with van der Waals surface area (Å²) in [6.45, 7) is 0. The second kappa shape index (κ2) is 17.1. The van der Waals surface area contributed by atoms with E-state index in [1.807, 2.05) is 47.7 Å². The molecule has 76 heavy (non-hydrogen) atoms. The minimum atomic E-state index is 0.576. The first kappa shape index (κ1) is 43.0. The van der Waals surface area contributed by atoms with Crippen LogP contribution in [0.4, 0.5) is 0 Å². The second-order valence-electron chi connectivity index (χ2n) is 20.1. The van der Waals surface area contributed by atoms with Crippen molar-refractivity contribution in [2.45, 2.75) is 25.7 Å². The highest BCUT2D eigenvalue weighted by Crippen LogP contribution is 2.45. The van der Waals surface area contributed by atoms with Crippen molar-refractivity contribution in [3.05, 3.63) is 228 Å². The smallest absolute Gasteiger partial charge is 0.238 e. The Hall–Kier alpha value is -9.43. The van der Waals surface area contributed by atoms with Crippen molar-refractivity contribution in [3.63, 3.8) is 0 Å². The maximum absolute atomic E-state index is 6.70. The van der Waals surface area contributed by atoms with Crippen LogP contribution in [0.2, 0.25) is 0 Å². The first-order chi connectivity index (χ1) is 37.7. The number of allylic oxidation sites excluding steroid dienone is 4. The van der Waals surface area contributed by atoms with E-state index >= 15 is 0 Å². The van der Waals surface area contributed by atoms with Gasteiger partial charge < -0.3 is 8.98 Å². The zero-order valence-electron chi connectivity index (χ0n) is 41.2. The van der Waals surface area contributed by atoms with Crippen molar-refractivity contribution in [1.29, 1.82) is 0 Å². The molecule has 358 valence electrons. The topological polar surface area (TPSA) is 61.7 Å². The fourth-order valence-corrected chi connectivity index (χ4v) is 13.4. The molecule has 0 atom stereocenters. The molecule has 0 N–H and O–H groups in total. The zero-order chi connectivity index (χ0) is 49.8. The zero-order valence-corrected chi connectivity index (χ0v) is 42.1. The average molecular weight is 992 g/mol. The minimum Gasteiger partial charge on any atom is -0.456 e. The summed E-state index contributed by atoms with van der Waals surface area (Å²) < 4.78 is 13.9. The van der Waals surface area contributed by atoms with Crippen LogP contribution in [0.15, 0.2) is 217 Å². The summed E-state index contributed by atoms with van der Waals surface area (Å²) in [7, 11) is 0. The van der Waals surface area contributed by atoms with Crippen LogP contribution in [0.1, 0.15) is 31.2 Å². The summed E-state index contributed by atoms with van der Waals surface area (Å²) in [5.41, 5.74) is 15.4. The number of rotatable bonds is 7. The molecule has 6 nitrogen and oxygen atoms in total. The van der Waals surface area contributed by atoms with E-state index in [1.165, 1.54) is 64.0 Å². The van der Waals surface area contributed by atoms with Crippen molar-refractivity contribution < 1.29 is 4.42 Å². The van der Waals surface area contributed by atoms with Gasteiger partial charge in [-0.1, -0.05) is 164 Å². The van der Waals surface area contributed by atoms with Crippen LogP contribution in [0.25, 0.3) is 149 Å². The van der Waals surface area contributed by atoms with E-state index in [1.54, 1.807) is 0 Å². The van der Waals surface area contributed by atoms with Crippen molar-refractivity contribution in [2.75, 3.05) is 0 Å². The molecule has 2 aliphatic carbocycles. The van der Waals surface area contributed by atoms with Crippen molar-refractivity contribution in [2.24, 2.45) is 0 Å². The van der Waals surface area contributed by atoms with Crippen LogP contribution in [0.5, 0.6) is 0 Å². The molecule has 14 aromatic rings. The normalized spacial score (nSPS) is 13.6. The third-order valence-corrected chi connectivity index (χ3v) is 16.9. The Labute approximate surface area is 440 Å². The summed E-state index contributed by atoms with van der Waals surface area (Å²) in [5.74, 6) is 1.82. The molecule has 0 saturated heterocycles. The van der Waals surface area contributed by atoms with Gasteiger partial charge in [-0.2, -0.15) is 9.97 Å². The van der Waals surface area contributed by atoms with Gasteiger partial charge in [0.25, 0.3) is 0 Å². The van der Waals surface area contributed by atoms with Gasteiger partial charge in [0.1, 0.15) is 11.2 Å². The van der Waals surface area contributed by atoms with Gasteiger partial charge in [-0.15, -0.1) is 11.3 Å². The monoisotopic (exact) mass is 991 g/mol. The standard InChI is InChI=1S/C69H45N5OS/c1-4-16-42(17-5-1)45-22-14-23-49(38-45)73-58-27-12-10-24-51(58)55-39-46(30-35-59(55)73)47-32-37-61-57(40-47)64-50(26-15-28-62(64)75-61)48-31-36-60-56(41-48)53-33-34-54-52-25-11-13-29-63(52)76-66(54)65(53)74(60)69-71-67(43-18-6-2-7-19-43)70-68(72-69)44-20-8-3-9-21-44/h1-4,6-9,11,13-16,18-41H,5,10,12,17H2. The van der Waals surface area contributed by atoms with Gasteiger partial charge in [0.15, 0.2) is 11.6 Å². The van der Waals surface area contributed by atoms with E-state index in [-0.39, 0.29) is 0 Å². The van der Waals surface area contributed by atoms with E-state index < -0.39 is 0 Å². The van der Waals surface area contributed by atoms with Gasteiger partial charge in [0.05, 0.1) is 21.3 Å². The van der Waals surface area contributed by atoms with Crippen molar-refractivity contribution in [1.82, 2.24) is 24.1 Å². The lowest BCUT2D eigenvalue weighted by Gasteiger charge is -2.13. The summed E-state index contributed by atoms with van der Waals surface area (Å²) >= 11 is 1.82. The fraction of sp³-hybridized carbons (Fsp3) is 0.0580. The Morgan fingerprint density at radius 3 is 1.97 bits per heavy atom. The van der Waals surface area contributed by atoms with Gasteiger partial charge in [-0.3, -0.25) is 4.57 Å². The average Bonchev–Trinajstić information content (AvgIpc) is 4.30. The number of aromatic nitrogens is 5. The van der Waals surface area contributed by atoms with E-state index in [0.717, 1.165) is 97.2 Å². The predicted molar refractivity (Wildman–Crippen MR) is 317 cm³/mol. The first-order valence-corrected chi connectivity index (χ1v) is 27.0. The molecular weight excluding hydrogens is 947 g/mol. The number of nitrogens with zero attached hydrogens (tertiary/aromatic N) is 5. The SMILES string of the molecule is C1=CCCC(c2cccc(-n3c4c(c5cc(-c6ccc7oc8cccc(-c9ccc%10c(c9)c9ccc%11c%12ccccc%12sc%11c9n%10-c9nc(-c%10ccccc%10)nc(-c%10ccccc%10)n9)c8c7c6)ccc53)=CCCC=4)c2)=C1. The maximum atomic E-state index is 6.70. The van der Waals surface area contributed by atoms with Crippen LogP contribution < -0.4 is 10.6 Å². The van der Waals surface area contributed by atoms with Crippen LogP contribution in [0, 0.1) is 0 Å². The molecule has 0 unspecified atom stereocenters. The lowest BCUT2D eigenvalue weighted by atomic mass is 9.96. The van der Waals surface area contributed by atoms with Crippen molar-refractivity contribution >= 4 is 104 Å². The van der Waals surface area contributed by atoms with E-state index in [0.29, 0.717) is 17.6 Å². The molecule has 7 heteroatoms. The van der Waals surface area contributed by atoms with Gasteiger partial charge in [0.2, 0.25) is 5.95 Å². The largest absolute Gasteiger partial charge is 0.456 e. The third kappa shape index (κ3) is 6.75. The molecule has 0 fully saturated rings. The highest BCUT2D eigenvalue weighted by atomic mass is 32.1. The maximum Gasteiger partial charge on any atom is 0.238 e. The number of fused-ring (bicyclic) bond motifs is 13. The van der Waals surface area contributed by atoms with E-state index in [2.05, 4.69) is 197 Å². The van der Waals surface area contributed by atoms with Gasteiger partial charge in [-0.25, -0.2) is 4.98 Å². The molecule has 0 radical (unpaired) electrons. The number of thiophene rings is 1. The molecule has 0 bridgehead atoms.